The van der Waals surface area contributed by atoms with Gasteiger partial charge in [-0.3, -0.25) is 14.5 Å². The van der Waals surface area contributed by atoms with Crippen molar-refractivity contribution < 1.29 is 24.5 Å². The van der Waals surface area contributed by atoms with E-state index < -0.39 is 0 Å². The standard InChI is InChI=1S/C14H26N2O.2CH2O2/c1-12(2)4-8-16-9-6-14(7-10-16)5-3-13(11-15)17-14;2*2-1-3/h4,13H,3,5-11,15H2,1-2H3;2*1H,(H,2,3). The van der Waals surface area contributed by atoms with Crippen LogP contribution in [0.25, 0.3) is 0 Å². The van der Waals surface area contributed by atoms with Gasteiger partial charge in [0.1, 0.15) is 0 Å². The van der Waals surface area contributed by atoms with Crippen molar-refractivity contribution in [3.05, 3.63) is 11.6 Å². The average Bonchev–Trinajstić information content (AvgIpc) is 2.92. The molecule has 23 heavy (non-hydrogen) atoms. The number of piperidine rings is 1. The first-order valence-corrected chi connectivity index (χ1v) is 7.86. The summed E-state index contributed by atoms with van der Waals surface area (Å²) in [4.78, 5) is 19.2. The molecule has 1 unspecified atom stereocenters. The van der Waals surface area contributed by atoms with Gasteiger partial charge in [0.2, 0.25) is 0 Å². The first-order chi connectivity index (χ1) is 11.0. The third kappa shape index (κ3) is 8.68. The highest BCUT2D eigenvalue weighted by Gasteiger charge is 2.41. The molecule has 7 nitrogen and oxygen atoms in total. The lowest BCUT2D eigenvalue weighted by Gasteiger charge is -2.38. The highest BCUT2D eigenvalue weighted by Crippen LogP contribution is 2.38. The summed E-state index contributed by atoms with van der Waals surface area (Å²) in [6.07, 6.45) is 7.37. The molecule has 7 heteroatoms. The smallest absolute Gasteiger partial charge is 0.290 e. The van der Waals surface area contributed by atoms with Gasteiger partial charge in [-0.2, -0.15) is 0 Å². The van der Waals surface area contributed by atoms with Crippen LogP contribution in [0.4, 0.5) is 0 Å². The van der Waals surface area contributed by atoms with Gasteiger partial charge in [0.05, 0.1) is 11.7 Å². The SMILES string of the molecule is CC(C)=CCN1CCC2(CCC(CN)O2)CC1.O=CO.O=CO. The number of nitrogens with zero attached hydrogens (tertiary/aromatic N) is 1. The number of nitrogens with two attached hydrogens (primary N) is 1. The molecule has 2 rings (SSSR count). The van der Waals surface area contributed by atoms with Crippen molar-refractivity contribution in [3.63, 3.8) is 0 Å². The van der Waals surface area contributed by atoms with Gasteiger partial charge in [0, 0.05) is 26.2 Å². The Labute approximate surface area is 138 Å². The molecule has 134 valence electrons. The summed E-state index contributed by atoms with van der Waals surface area (Å²) in [6.45, 7) is 7.94. The van der Waals surface area contributed by atoms with Crippen molar-refractivity contribution in [2.75, 3.05) is 26.2 Å². The van der Waals surface area contributed by atoms with Crippen molar-refractivity contribution in [3.8, 4) is 0 Å². The predicted octanol–water partition coefficient (Wildman–Crippen LogP) is 1.33. The summed E-state index contributed by atoms with van der Waals surface area (Å²) >= 11 is 0. The molecule has 2 heterocycles. The van der Waals surface area contributed by atoms with Gasteiger partial charge in [-0.25, -0.2) is 0 Å². The fourth-order valence-corrected chi connectivity index (χ4v) is 2.88. The van der Waals surface area contributed by atoms with Gasteiger partial charge < -0.3 is 20.7 Å². The molecule has 2 fully saturated rings. The Kier molecular flexibility index (Phi) is 11.3. The summed E-state index contributed by atoms with van der Waals surface area (Å²) in [7, 11) is 0. The molecule has 0 aromatic carbocycles. The predicted molar refractivity (Wildman–Crippen MR) is 88.4 cm³/mol. The van der Waals surface area contributed by atoms with Gasteiger partial charge in [-0.1, -0.05) is 11.6 Å². The quantitative estimate of drug-likeness (QED) is 0.528. The van der Waals surface area contributed by atoms with E-state index in [0.29, 0.717) is 12.6 Å². The monoisotopic (exact) mass is 330 g/mol. The number of likely N-dealkylation sites (tertiary alicyclic amines) is 1. The van der Waals surface area contributed by atoms with E-state index in [9.17, 15) is 0 Å². The van der Waals surface area contributed by atoms with Crippen molar-refractivity contribution >= 4 is 12.9 Å². The lowest BCUT2D eigenvalue weighted by molar-refractivity contribution is -0.123. The largest absolute Gasteiger partial charge is 0.483 e. The van der Waals surface area contributed by atoms with Crippen LogP contribution in [0.1, 0.15) is 39.5 Å². The number of allylic oxidation sites excluding steroid dienone is 1. The van der Waals surface area contributed by atoms with Crippen molar-refractivity contribution in [1.29, 1.82) is 0 Å². The molecule has 0 aromatic heterocycles. The third-order valence-corrected chi connectivity index (χ3v) is 4.13. The molecule has 1 atom stereocenters. The molecule has 0 saturated carbocycles. The molecule has 0 radical (unpaired) electrons. The second-order valence-corrected chi connectivity index (χ2v) is 5.99. The normalized spacial score (nSPS) is 22.1. The lowest BCUT2D eigenvalue weighted by Crippen LogP contribution is -2.44. The van der Waals surface area contributed by atoms with Crippen LogP contribution in [0.2, 0.25) is 0 Å². The Balaban J connectivity index is 0.000000704. The molecular formula is C16H30N2O5. The molecule has 0 aliphatic carbocycles. The second-order valence-electron chi connectivity index (χ2n) is 5.99. The first kappa shape index (κ1) is 21.6. The number of carboxylic acid groups (broad SMARTS) is 2. The van der Waals surface area contributed by atoms with Gasteiger partial charge in [-0.15, -0.1) is 0 Å². The first-order valence-electron chi connectivity index (χ1n) is 7.86. The van der Waals surface area contributed by atoms with E-state index in [-0.39, 0.29) is 18.5 Å². The van der Waals surface area contributed by atoms with Crippen LogP contribution in [-0.4, -0.2) is 65.9 Å². The molecule has 0 amide bonds. The maximum Gasteiger partial charge on any atom is 0.290 e. The summed E-state index contributed by atoms with van der Waals surface area (Å²) in [5.41, 5.74) is 7.27. The fraction of sp³-hybridized carbons (Fsp3) is 0.750. The summed E-state index contributed by atoms with van der Waals surface area (Å²) in [6, 6.07) is 0. The van der Waals surface area contributed by atoms with E-state index in [1.165, 1.54) is 37.9 Å². The molecule has 2 saturated heterocycles. The second kappa shape index (κ2) is 12.0. The van der Waals surface area contributed by atoms with E-state index >= 15 is 0 Å². The molecule has 2 aliphatic heterocycles. The maximum absolute atomic E-state index is 8.36. The van der Waals surface area contributed by atoms with Crippen LogP contribution >= 0.6 is 0 Å². The van der Waals surface area contributed by atoms with Crippen LogP contribution in [-0.2, 0) is 14.3 Å². The Morgan fingerprint density at radius 2 is 1.74 bits per heavy atom. The zero-order chi connectivity index (χ0) is 17.7. The van der Waals surface area contributed by atoms with E-state index in [1.54, 1.807) is 0 Å². The van der Waals surface area contributed by atoms with Crippen molar-refractivity contribution in [1.82, 2.24) is 4.90 Å². The molecule has 0 bridgehead atoms. The highest BCUT2D eigenvalue weighted by molar-refractivity contribution is 5.33. The van der Waals surface area contributed by atoms with Crippen LogP contribution in [0, 0.1) is 0 Å². The fourth-order valence-electron chi connectivity index (χ4n) is 2.88. The van der Waals surface area contributed by atoms with Gasteiger partial charge in [0.25, 0.3) is 12.9 Å². The number of rotatable bonds is 3. The van der Waals surface area contributed by atoms with E-state index in [1.807, 2.05) is 0 Å². The Morgan fingerprint density at radius 1 is 1.22 bits per heavy atom. The lowest BCUT2D eigenvalue weighted by atomic mass is 9.88. The summed E-state index contributed by atoms with van der Waals surface area (Å²) in [5.74, 6) is 0. The number of ether oxygens (including phenoxy) is 1. The Hall–Kier alpha value is -1.44. The topological polar surface area (TPSA) is 113 Å². The van der Waals surface area contributed by atoms with Crippen LogP contribution < -0.4 is 5.73 Å². The third-order valence-electron chi connectivity index (χ3n) is 4.13. The van der Waals surface area contributed by atoms with E-state index in [4.69, 9.17) is 30.3 Å². The van der Waals surface area contributed by atoms with Gasteiger partial charge in [0.15, 0.2) is 0 Å². The van der Waals surface area contributed by atoms with E-state index in [2.05, 4.69) is 24.8 Å². The highest BCUT2D eigenvalue weighted by atomic mass is 16.5. The average molecular weight is 330 g/mol. The minimum Gasteiger partial charge on any atom is -0.483 e. The summed E-state index contributed by atoms with van der Waals surface area (Å²) < 4.78 is 6.15. The van der Waals surface area contributed by atoms with Crippen LogP contribution in [0.15, 0.2) is 11.6 Å². The molecule has 4 N–H and O–H groups in total. The van der Waals surface area contributed by atoms with Crippen LogP contribution in [0.5, 0.6) is 0 Å². The van der Waals surface area contributed by atoms with E-state index in [0.717, 1.165) is 13.0 Å². The molecule has 0 aromatic rings. The Bertz CT molecular complexity index is 355. The zero-order valence-corrected chi connectivity index (χ0v) is 14.1. The molecule has 2 aliphatic rings. The minimum absolute atomic E-state index is 0.172. The number of carbonyl (C=O) groups is 2. The zero-order valence-electron chi connectivity index (χ0n) is 14.1. The number of hydrogen-bond donors (Lipinski definition) is 3. The minimum atomic E-state index is -0.250. The van der Waals surface area contributed by atoms with Gasteiger partial charge in [-0.05, 0) is 39.5 Å². The Morgan fingerprint density at radius 3 is 2.13 bits per heavy atom. The van der Waals surface area contributed by atoms with Gasteiger partial charge >= 0.3 is 0 Å². The van der Waals surface area contributed by atoms with Crippen molar-refractivity contribution in [2.45, 2.75) is 51.2 Å². The molecular weight excluding hydrogens is 300 g/mol. The maximum atomic E-state index is 8.36. The van der Waals surface area contributed by atoms with Crippen LogP contribution in [0.3, 0.4) is 0 Å². The molecule has 1 spiro atoms. The summed E-state index contributed by atoms with van der Waals surface area (Å²) in [5, 5.41) is 13.8. The van der Waals surface area contributed by atoms with Crippen molar-refractivity contribution in [2.24, 2.45) is 5.73 Å². The number of hydrogen-bond acceptors (Lipinski definition) is 5.